The third-order valence-electron chi connectivity index (χ3n) is 4.28. The number of carbonyl (C=O) groups excluding carboxylic acids is 1. The molecule has 0 amide bonds. The van der Waals surface area contributed by atoms with E-state index in [2.05, 4.69) is 19.0 Å². The molecular formula is C15H21FN2O. The Hall–Kier alpha value is -1.42. The van der Waals surface area contributed by atoms with Gasteiger partial charge in [0.1, 0.15) is 12.1 Å². The van der Waals surface area contributed by atoms with Gasteiger partial charge in [0.05, 0.1) is 5.69 Å². The number of hydrogen-bond acceptors (Lipinski definition) is 3. The fourth-order valence-corrected chi connectivity index (χ4v) is 2.76. The van der Waals surface area contributed by atoms with Crippen molar-refractivity contribution in [1.29, 1.82) is 0 Å². The highest BCUT2D eigenvalue weighted by Crippen LogP contribution is 2.37. The smallest absolute Gasteiger partial charge is 0.150 e. The number of rotatable bonds is 5. The molecule has 104 valence electrons. The average molecular weight is 264 g/mol. The van der Waals surface area contributed by atoms with E-state index in [1.807, 2.05) is 11.9 Å². The minimum Gasteiger partial charge on any atom is -0.370 e. The quantitative estimate of drug-likeness (QED) is 0.764. The number of carbonyl (C=O) groups is 1. The second kappa shape index (κ2) is 5.29. The Morgan fingerprint density at radius 2 is 2.00 bits per heavy atom. The van der Waals surface area contributed by atoms with Gasteiger partial charge in [-0.2, -0.15) is 0 Å². The zero-order valence-corrected chi connectivity index (χ0v) is 11.8. The molecule has 2 rings (SSSR count). The van der Waals surface area contributed by atoms with Crippen LogP contribution in [0.15, 0.2) is 18.2 Å². The molecule has 1 saturated carbocycles. The van der Waals surface area contributed by atoms with Gasteiger partial charge in [-0.1, -0.05) is 0 Å². The van der Waals surface area contributed by atoms with Crippen LogP contribution < -0.4 is 4.90 Å². The van der Waals surface area contributed by atoms with Crippen LogP contribution in [0.5, 0.6) is 0 Å². The lowest BCUT2D eigenvalue weighted by atomic mass is 9.75. The van der Waals surface area contributed by atoms with Crippen LogP contribution in [-0.4, -0.2) is 44.4 Å². The van der Waals surface area contributed by atoms with Crippen LogP contribution in [0.4, 0.5) is 10.1 Å². The first-order valence-electron chi connectivity index (χ1n) is 6.62. The highest BCUT2D eigenvalue weighted by Gasteiger charge is 2.40. The zero-order valence-electron chi connectivity index (χ0n) is 11.8. The molecule has 1 aliphatic rings. The van der Waals surface area contributed by atoms with Gasteiger partial charge in [0, 0.05) is 24.7 Å². The van der Waals surface area contributed by atoms with Gasteiger partial charge in [-0.05, 0) is 51.6 Å². The van der Waals surface area contributed by atoms with Gasteiger partial charge in [0.15, 0.2) is 0 Å². The van der Waals surface area contributed by atoms with Gasteiger partial charge in [-0.3, -0.25) is 4.79 Å². The third-order valence-corrected chi connectivity index (χ3v) is 4.28. The van der Waals surface area contributed by atoms with E-state index < -0.39 is 0 Å². The van der Waals surface area contributed by atoms with E-state index >= 15 is 0 Å². The van der Waals surface area contributed by atoms with E-state index in [-0.39, 0.29) is 11.4 Å². The van der Waals surface area contributed by atoms with Gasteiger partial charge in [-0.25, -0.2) is 4.39 Å². The summed E-state index contributed by atoms with van der Waals surface area (Å²) in [5, 5.41) is 0. The number of halogens is 1. The Morgan fingerprint density at radius 1 is 1.32 bits per heavy atom. The fraction of sp³-hybridized carbons (Fsp3) is 0.533. The molecule has 0 heterocycles. The van der Waals surface area contributed by atoms with E-state index in [4.69, 9.17) is 0 Å². The van der Waals surface area contributed by atoms with E-state index in [0.29, 0.717) is 17.5 Å². The number of benzene rings is 1. The van der Waals surface area contributed by atoms with Crippen LogP contribution in [-0.2, 0) is 0 Å². The van der Waals surface area contributed by atoms with Gasteiger partial charge in [0.2, 0.25) is 0 Å². The van der Waals surface area contributed by atoms with Gasteiger partial charge in [0.25, 0.3) is 0 Å². The molecule has 1 aliphatic carbocycles. The topological polar surface area (TPSA) is 23.6 Å². The van der Waals surface area contributed by atoms with Crippen LogP contribution in [0.3, 0.4) is 0 Å². The maximum absolute atomic E-state index is 14.0. The first kappa shape index (κ1) is 14.0. The van der Waals surface area contributed by atoms with Crippen molar-refractivity contribution in [2.24, 2.45) is 0 Å². The normalized spacial score (nSPS) is 17.1. The van der Waals surface area contributed by atoms with E-state index in [1.54, 1.807) is 12.1 Å². The van der Waals surface area contributed by atoms with E-state index in [0.717, 1.165) is 19.4 Å². The molecule has 0 aromatic heterocycles. The average Bonchev–Trinajstić information content (AvgIpc) is 2.32. The molecule has 1 fully saturated rings. The highest BCUT2D eigenvalue weighted by atomic mass is 19.1. The summed E-state index contributed by atoms with van der Waals surface area (Å²) >= 11 is 0. The fourth-order valence-electron chi connectivity index (χ4n) is 2.76. The Kier molecular flexibility index (Phi) is 3.90. The summed E-state index contributed by atoms with van der Waals surface area (Å²) in [6.07, 6.45) is 4.20. The standard InChI is InChI=1S/C15H21FN2O/c1-17(2)15(7-4-8-15)11-18(3)14-6-5-12(10-19)9-13(14)16/h5-6,9-10H,4,7-8,11H2,1-3H3. The van der Waals surface area contributed by atoms with Crippen molar-refractivity contribution < 1.29 is 9.18 Å². The van der Waals surface area contributed by atoms with Gasteiger partial charge in [-0.15, -0.1) is 0 Å². The highest BCUT2D eigenvalue weighted by molar-refractivity contribution is 5.75. The Bertz CT molecular complexity index is 469. The molecule has 4 heteroatoms. The molecule has 1 aromatic rings. The Balaban J connectivity index is 2.15. The monoisotopic (exact) mass is 264 g/mol. The van der Waals surface area contributed by atoms with Crippen molar-refractivity contribution in [3.8, 4) is 0 Å². The summed E-state index contributed by atoms with van der Waals surface area (Å²) in [4.78, 5) is 14.8. The molecule has 0 spiro atoms. The second-order valence-electron chi connectivity index (χ2n) is 5.66. The third kappa shape index (κ3) is 2.63. The summed E-state index contributed by atoms with van der Waals surface area (Å²) in [5.74, 6) is -0.333. The first-order valence-corrected chi connectivity index (χ1v) is 6.62. The number of hydrogen-bond donors (Lipinski definition) is 0. The molecular weight excluding hydrogens is 243 g/mol. The molecule has 0 N–H and O–H groups in total. The number of anilines is 1. The van der Waals surface area contributed by atoms with Gasteiger partial charge >= 0.3 is 0 Å². The van der Waals surface area contributed by atoms with Crippen LogP contribution in [0.2, 0.25) is 0 Å². The molecule has 0 radical (unpaired) electrons. The number of likely N-dealkylation sites (N-methyl/N-ethyl adjacent to an activating group) is 2. The molecule has 0 atom stereocenters. The molecule has 0 aliphatic heterocycles. The second-order valence-corrected chi connectivity index (χ2v) is 5.66. The van der Waals surface area contributed by atoms with Crippen LogP contribution in [0.1, 0.15) is 29.6 Å². The van der Waals surface area contributed by atoms with Crippen molar-refractivity contribution in [3.63, 3.8) is 0 Å². The molecule has 0 saturated heterocycles. The molecule has 3 nitrogen and oxygen atoms in total. The molecule has 1 aromatic carbocycles. The summed E-state index contributed by atoms with van der Waals surface area (Å²) in [7, 11) is 6.07. The maximum atomic E-state index is 14.0. The largest absolute Gasteiger partial charge is 0.370 e. The van der Waals surface area contributed by atoms with Crippen molar-refractivity contribution in [2.75, 3.05) is 32.6 Å². The summed E-state index contributed by atoms with van der Waals surface area (Å²) in [6.45, 7) is 0.803. The van der Waals surface area contributed by atoms with Crippen molar-refractivity contribution in [3.05, 3.63) is 29.6 Å². The van der Waals surface area contributed by atoms with Crippen molar-refractivity contribution in [1.82, 2.24) is 4.90 Å². The lowest BCUT2D eigenvalue weighted by Gasteiger charge is -2.49. The van der Waals surface area contributed by atoms with Crippen molar-refractivity contribution >= 4 is 12.0 Å². The summed E-state index contributed by atoms with van der Waals surface area (Å²) in [5.41, 5.74) is 1.09. The predicted molar refractivity (Wildman–Crippen MR) is 75.3 cm³/mol. The van der Waals surface area contributed by atoms with E-state index in [1.165, 1.54) is 12.5 Å². The Morgan fingerprint density at radius 3 is 2.42 bits per heavy atom. The number of nitrogens with zero attached hydrogens (tertiary/aromatic N) is 2. The molecule has 0 unspecified atom stereocenters. The minimum absolute atomic E-state index is 0.157. The van der Waals surface area contributed by atoms with Crippen LogP contribution in [0.25, 0.3) is 0 Å². The predicted octanol–water partition coefficient (Wildman–Crippen LogP) is 2.56. The van der Waals surface area contributed by atoms with E-state index in [9.17, 15) is 9.18 Å². The first-order chi connectivity index (χ1) is 8.98. The zero-order chi connectivity index (χ0) is 14.0. The van der Waals surface area contributed by atoms with Crippen molar-refractivity contribution in [2.45, 2.75) is 24.8 Å². The maximum Gasteiger partial charge on any atom is 0.150 e. The minimum atomic E-state index is -0.333. The SMILES string of the molecule is CN(CC1(N(C)C)CCC1)c1ccc(C=O)cc1F. The lowest BCUT2D eigenvalue weighted by Crippen LogP contribution is -2.56. The summed E-state index contributed by atoms with van der Waals surface area (Å²) < 4.78 is 14.0. The number of aldehydes is 1. The molecule has 0 bridgehead atoms. The van der Waals surface area contributed by atoms with Gasteiger partial charge < -0.3 is 9.80 Å². The van der Waals surface area contributed by atoms with Crippen LogP contribution in [0, 0.1) is 5.82 Å². The molecule has 19 heavy (non-hydrogen) atoms. The Labute approximate surface area is 114 Å². The summed E-state index contributed by atoms with van der Waals surface area (Å²) in [6, 6.07) is 4.63. The lowest BCUT2D eigenvalue weighted by molar-refractivity contribution is 0.0682. The van der Waals surface area contributed by atoms with Crippen LogP contribution >= 0.6 is 0 Å².